The van der Waals surface area contributed by atoms with E-state index in [4.69, 9.17) is 9.84 Å². The minimum Gasteiger partial charge on any atom is -0.478 e. The second kappa shape index (κ2) is 4.73. The number of imidazole rings is 1. The average molecular weight is 252 g/mol. The summed E-state index contributed by atoms with van der Waals surface area (Å²) in [4.78, 5) is 17.8. The molecule has 2 N–H and O–H groups in total. The molecule has 0 saturated heterocycles. The molecule has 0 saturated carbocycles. The Bertz CT molecular complexity index is 592. The number of hydrogen-bond donors (Lipinski definition) is 2. The normalized spacial score (nSPS) is 11.3. The van der Waals surface area contributed by atoms with Crippen molar-refractivity contribution in [2.75, 3.05) is 0 Å². The number of benzene rings is 1. The largest absolute Gasteiger partial charge is 0.478 e. The molecule has 0 aliphatic rings. The lowest BCUT2D eigenvalue weighted by Crippen LogP contribution is -2.03. The van der Waals surface area contributed by atoms with Gasteiger partial charge in [-0.1, -0.05) is 0 Å². The Labute approximate surface area is 103 Å². The highest BCUT2D eigenvalue weighted by molar-refractivity contribution is 5.92. The first-order valence-corrected chi connectivity index (χ1v) is 5.50. The lowest BCUT2D eigenvalue weighted by Gasteiger charge is -2.03. The number of aromatic amines is 1. The highest BCUT2D eigenvalue weighted by Crippen LogP contribution is 2.18. The van der Waals surface area contributed by atoms with Gasteiger partial charge in [0, 0.05) is 6.07 Å². The van der Waals surface area contributed by atoms with Gasteiger partial charge in [0.05, 0.1) is 22.7 Å². The smallest absolute Gasteiger partial charge is 0.338 e. The fourth-order valence-electron chi connectivity index (χ4n) is 1.56. The second-order valence-corrected chi connectivity index (χ2v) is 4.20. The second-order valence-electron chi connectivity index (χ2n) is 4.20. The highest BCUT2D eigenvalue weighted by Gasteiger charge is 2.14. The maximum Gasteiger partial charge on any atom is 0.338 e. The van der Waals surface area contributed by atoms with Gasteiger partial charge in [-0.25, -0.2) is 14.2 Å². The maximum atomic E-state index is 13.4. The van der Waals surface area contributed by atoms with Gasteiger partial charge in [0.1, 0.15) is 18.2 Å². The average Bonchev–Trinajstić information content (AvgIpc) is 2.66. The predicted octanol–water partition coefficient (Wildman–Crippen LogP) is 2.33. The third kappa shape index (κ3) is 2.48. The van der Waals surface area contributed by atoms with E-state index in [-0.39, 0.29) is 18.3 Å². The number of hydrogen-bond acceptors (Lipinski definition) is 3. The number of rotatable bonds is 4. The molecule has 18 heavy (non-hydrogen) atoms. The summed E-state index contributed by atoms with van der Waals surface area (Å²) in [5.41, 5.74) is 0.487. The third-order valence-corrected chi connectivity index (χ3v) is 2.40. The van der Waals surface area contributed by atoms with Crippen LogP contribution in [0.25, 0.3) is 11.0 Å². The number of carbonyl (C=O) groups is 1. The number of aromatic carboxylic acids is 1. The topological polar surface area (TPSA) is 75.2 Å². The van der Waals surface area contributed by atoms with Crippen molar-refractivity contribution in [2.24, 2.45) is 0 Å². The molecule has 0 radical (unpaired) electrons. The number of H-pyrrole nitrogens is 1. The minimum absolute atomic E-state index is 0.0597. The van der Waals surface area contributed by atoms with Gasteiger partial charge < -0.3 is 14.8 Å². The summed E-state index contributed by atoms with van der Waals surface area (Å²) >= 11 is 0. The fourth-order valence-corrected chi connectivity index (χ4v) is 1.56. The van der Waals surface area contributed by atoms with Crippen molar-refractivity contribution in [3.8, 4) is 0 Å². The quantitative estimate of drug-likeness (QED) is 0.875. The Morgan fingerprint density at radius 2 is 2.28 bits per heavy atom. The van der Waals surface area contributed by atoms with Crippen molar-refractivity contribution in [1.29, 1.82) is 0 Å². The Morgan fingerprint density at radius 3 is 2.89 bits per heavy atom. The molecule has 96 valence electrons. The van der Waals surface area contributed by atoms with Crippen LogP contribution in [0.2, 0.25) is 0 Å². The van der Waals surface area contributed by atoms with E-state index < -0.39 is 11.8 Å². The number of aromatic nitrogens is 2. The van der Waals surface area contributed by atoms with E-state index in [1.54, 1.807) is 0 Å². The highest BCUT2D eigenvalue weighted by atomic mass is 19.1. The van der Waals surface area contributed by atoms with E-state index in [1.807, 2.05) is 13.8 Å². The van der Waals surface area contributed by atoms with Gasteiger partial charge in [0.25, 0.3) is 0 Å². The molecule has 0 bridgehead atoms. The van der Waals surface area contributed by atoms with E-state index in [9.17, 15) is 9.18 Å². The molecule has 5 nitrogen and oxygen atoms in total. The van der Waals surface area contributed by atoms with Crippen LogP contribution in [0.4, 0.5) is 4.39 Å². The molecule has 1 aromatic heterocycles. The van der Waals surface area contributed by atoms with Crippen molar-refractivity contribution in [2.45, 2.75) is 26.6 Å². The van der Waals surface area contributed by atoms with Gasteiger partial charge in [-0.05, 0) is 19.9 Å². The van der Waals surface area contributed by atoms with Gasteiger partial charge >= 0.3 is 5.97 Å². The van der Waals surface area contributed by atoms with Gasteiger partial charge in [-0.15, -0.1) is 0 Å². The van der Waals surface area contributed by atoms with Crippen LogP contribution in [-0.2, 0) is 11.3 Å². The van der Waals surface area contributed by atoms with Crippen molar-refractivity contribution < 1.29 is 19.0 Å². The monoisotopic (exact) mass is 252 g/mol. The van der Waals surface area contributed by atoms with Crippen molar-refractivity contribution in [3.05, 3.63) is 29.3 Å². The molecule has 2 aromatic rings. The molecule has 6 heteroatoms. The lowest BCUT2D eigenvalue weighted by molar-refractivity contribution is 0.0618. The molecule has 0 spiro atoms. The summed E-state index contributed by atoms with van der Waals surface area (Å²) < 4.78 is 18.8. The minimum atomic E-state index is -1.31. The molecule has 0 unspecified atom stereocenters. The Hall–Kier alpha value is -1.95. The van der Waals surface area contributed by atoms with E-state index in [1.165, 1.54) is 6.07 Å². The Morgan fingerprint density at radius 1 is 1.56 bits per heavy atom. The Kier molecular flexibility index (Phi) is 3.29. The zero-order valence-electron chi connectivity index (χ0n) is 10.0. The standard InChI is InChI=1S/C12H13FN2O3/c1-6(2)18-5-11-14-9-3-7(12(16)17)8(13)4-10(9)15-11/h3-4,6H,5H2,1-2H3,(H,14,15)(H,16,17). The van der Waals surface area contributed by atoms with E-state index in [0.717, 1.165) is 6.07 Å². The van der Waals surface area contributed by atoms with Crippen LogP contribution >= 0.6 is 0 Å². The van der Waals surface area contributed by atoms with Crippen LogP contribution in [0.1, 0.15) is 30.0 Å². The van der Waals surface area contributed by atoms with Crippen LogP contribution in [0.3, 0.4) is 0 Å². The van der Waals surface area contributed by atoms with Crippen LogP contribution < -0.4 is 0 Å². The summed E-state index contributed by atoms with van der Waals surface area (Å²) in [5, 5.41) is 8.81. The number of carboxylic acid groups (broad SMARTS) is 1. The van der Waals surface area contributed by atoms with Gasteiger partial charge in [-0.2, -0.15) is 0 Å². The third-order valence-electron chi connectivity index (χ3n) is 2.40. The summed E-state index contributed by atoms with van der Waals surface area (Å²) in [6.07, 6.45) is 0.0597. The molecule has 0 fully saturated rings. The number of carboxylic acids is 1. The van der Waals surface area contributed by atoms with E-state index in [2.05, 4.69) is 9.97 Å². The first-order valence-electron chi connectivity index (χ1n) is 5.50. The van der Waals surface area contributed by atoms with Crippen LogP contribution in [-0.4, -0.2) is 27.1 Å². The fraction of sp³-hybridized carbons (Fsp3) is 0.333. The number of nitrogens with zero attached hydrogens (tertiary/aromatic N) is 1. The summed E-state index contributed by atoms with van der Waals surface area (Å²) in [6.45, 7) is 4.06. The summed E-state index contributed by atoms with van der Waals surface area (Å²) in [6, 6.07) is 2.34. The number of nitrogens with one attached hydrogen (secondary N) is 1. The molecule has 0 aliphatic carbocycles. The van der Waals surface area contributed by atoms with Gasteiger partial charge in [-0.3, -0.25) is 0 Å². The molecule has 2 rings (SSSR count). The zero-order valence-corrected chi connectivity index (χ0v) is 10.0. The predicted molar refractivity (Wildman–Crippen MR) is 62.9 cm³/mol. The van der Waals surface area contributed by atoms with E-state index >= 15 is 0 Å². The summed E-state index contributed by atoms with van der Waals surface area (Å²) in [7, 11) is 0. The first-order chi connectivity index (χ1) is 8.47. The Balaban J connectivity index is 2.36. The van der Waals surface area contributed by atoms with Crippen LogP contribution in [0.5, 0.6) is 0 Å². The van der Waals surface area contributed by atoms with Crippen molar-refractivity contribution in [1.82, 2.24) is 9.97 Å². The molecule has 1 heterocycles. The van der Waals surface area contributed by atoms with E-state index in [0.29, 0.717) is 16.9 Å². The summed E-state index contributed by atoms with van der Waals surface area (Å²) in [5.74, 6) is -1.55. The molecule has 0 amide bonds. The van der Waals surface area contributed by atoms with Crippen molar-refractivity contribution in [3.63, 3.8) is 0 Å². The van der Waals surface area contributed by atoms with Gasteiger partial charge in [0.2, 0.25) is 0 Å². The SMILES string of the molecule is CC(C)OCc1nc2cc(C(=O)O)c(F)cc2[nH]1. The number of ether oxygens (including phenoxy) is 1. The van der Waals surface area contributed by atoms with Crippen molar-refractivity contribution >= 4 is 17.0 Å². The molecular weight excluding hydrogens is 239 g/mol. The van der Waals surface area contributed by atoms with Crippen LogP contribution in [0, 0.1) is 5.82 Å². The number of fused-ring (bicyclic) bond motifs is 1. The number of halogens is 1. The lowest BCUT2D eigenvalue weighted by atomic mass is 10.2. The maximum absolute atomic E-state index is 13.4. The molecule has 0 aliphatic heterocycles. The molecular formula is C12H13FN2O3. The molecule has 1 aromatic carbocycles. The van der Waals surface area contributed by atoms with Crippen LogP contribution in [0.15, 0.2) is 12.1 Å². The zero-order chi connectivity index (χ0) is 13.3. The molecule has 0 atom stereocenters. The first kappa shape index (κ1) is 12.5. The van der Waals surface area contributed by atoms with Gasteiger partial charge in [0.15, 0.2) is 0 Å².